The van der Waals surface area contributed by atoms with Gasteiger partial charge in [0.25, 0.3) is 0 Å². The van der Waals surface area contributed by atoms with E-state index < -0.39 is 0 Å². The summed E-state index contributed by atoms with van der Waals surface area (Å²) in [6.45, 7) is 3.67. The normalized spacial score (nSPS) is 22.4. The Kier molecular flexibility index (Phi) is 4.10. The van der Waals surface area contributed by atoms with Crippen molar-refractivity contribution in [2.75, 3.05) is 19.8 Å². The molecule has 0 saturated carbocycles. The van der Waals surface area contributed by atoms with Crippen LogP contribution in [-0.2, 0) is 15.9 Å². The van der Waals surface area contributed by atoms with Crippen LogP contribution in [0.3, 0.4) is 0 Å². The zero-order chi connectivity index (χ0) is 12.3. The molecule has 1 heterocycles. The Hall–Kier alpha value is -0.970. The molecule has 1 aromatic carbocycles. The van der Waals surface area contributed by atoms with E-state index in [-0.39, 0.29) is 18.0 Å². The van der Waals surface area contributed by atoms with Crippen LogP contribution in [0.5, 0.6) is 0 Å². The number of halogens is 1. The minimum atomic E-state index is -0.211. The van der Waals surface area contributed by atoms with E-state index in [9.17, 15) is 4.39 Å². The first-order valence-corrected chi connectivity index (χ1v) is 5.87. The van der Waals surface area contributed by atoms with Crippen molar-refractivity contribution < 1.29 is 13.9 Å². The average molecular weight is 239 g/mol. The van der Waals surface area contributed by atoms with Crippen LogP contribution < -0.4 is 5.73 Å². The molecule has 3 nitrogen and oxygen atoms in total. The quantitative estimate of drug-likeness (QED) is 0.867. The molecule has 0 radical (unpaired) electrons. The topological polar surface area (TPSA) is 44.5 Å². The number of nitrogens with two attached hydrogens (primary N) is 1. The zero-order valence-electron chi connectivity index (χ0n) is 9.99. The molecule has 1 aliphatic heterocycles. The summed E-state index contributed by atoms with van der Waals surface area (Å²) in [5.74, 6) is -0.211. The first kappa shape index (κ1) is 12.5. The van der Waals surface area contributed by atoms with E-state index in [1.54, 1.807) is 6.07 Å². The van der Waals surface area contributed by atoms with Crippen LogP contribution in [-0.4, -0.2) is 32.0 Å². The molecule has 0 spiro atoms. The summed E-state index contributed by atoms with van der Waals surface area (Å²) in [5, 5.41) is 0. The predicted octanol–water partition coefficient (Wildman–Crippen LogP) is 1.42. The summed E-state index contributed by atoms with van der Waals surface area (Å²) in [4.78, 5) is 0. The van der Waals surface area contributed by atoms with Gasteiger partial charge in [-0.15, -0.1) is 0 Å². The van der Waals surface area contributed by atoms with Crippen LogP contribution in [0.1, 0.15) is 11.1 Å². The van der Waals surface area contributed by atoms with Gasteiger partial charge in [0.15, 0.2) is 0 Å². The van der Waals surface area contributed by atoms with E-state index in [0.29, 0.717) is 26.2 Å². The first-order valence-electron chi connectivity index (χ1n) is 5.87. The molecule has 0 amide bonds. The molecule has 1 aromatic rings. The van der Waals surface area contributed by atoms with Crippen LogP contribution >= 0.6 is 0 Å². The van der Waals surface area contributed by atoms with E-state index in [2.05, 4.69) is 0 Å². The second-order valence-electron chi connectivity index (χ2n) is 4.42. The van der Waals surface area contributed by atoms with Gasteiger partial charge in [-0.05, 0) is 36.6 Å². The lowest BCUT2D eigenvalue weighted by Gasteiger charge is -2.28. The van der Waals surface area contributed by atoms with Crippen LogP contribution in [0, 0.1) is 12.7 Å². The van der Waals surface area contributed by atoms with Gasteiger partial charge < -0.3 is 15.2 Å². The Morgan fingerprint density at radius 1 is 1.47 bits per heavy atom. The van der Waals surface area contributed by atoms with Crippen LogP contribution in [0.2, 0.25) is 0 Å². The van der Waals surface area contributed by atoms with Crippen LogP contribution in [0.25, 0.3) is 0 Å². The number of benzene rings is 1. The van der Waals surface area contributed by atoms with Gasteiger partial charge in [0.2, 0.25) is 0 Å². The Morgan fingerprint density at radius 3 is 2.94 bits per heavy atom. The molecule has 2 unspecified atom stereocenters. The summed E-state index contributed by atoms with van der Waals surface area (Å²) in [6.07, 6.45) is 0.619. The van der Waals surface area contributed by atoms with E-state index in [1.807, 2.05) is 6.92 Å². The van der Waals surface area contributed by atoms with Gasteiger partial charge in [0.05, 0.1) is 25.9 Å². The molecular formula is C13H18FNO2. The summed E-state index contributed by atoms with van der Waals surface area (Å²) < 4.78 is 23.8. The highest BCUT2D eigenvalue weighted by atomic mass is 19.1. The molecule has 94 valence electrons. The summed E-state index contributed by atoms with van der Waals surface area (Å²) in [7, 11) is 0. The highest BCUT2D eigenvalue weighted by Crippen LogP contribution is 2.15. The van der Waals surface area contributed by atoms with Crippen molar-refractivity contribution >= 4 is 0 Å². The van der Waals surface area contributed by atoms with Crippen molar-refractivity contribution in [2.45, 2.75) is 25.5 Å². The van der Waals surface area contributed by atoms with Crippen LogP contribution in [0.15, 0.2) is 18.2 Å². The first-order chi connectivity index (χ1) is 8.16. The van der Waals surface area contributed by atoms with E-state index in [4.69, 9.17) is 15.2 Å². The van der Waals surface area contributed by atoms with Gasteiger partial charge in [-0.2, -0.15) is 0 Å². The second-order valence-corrected chi connectivity index (χ2v) is 4.42. The van der Waals surface area contributed by atoms with Crippen LogP contribution in [0.4, 0.5) is 4.39 Å². The maximum absolute atomic E-state index is 13.0. The fourth-order valence-corrected chi connectivity index (χ4v) is 2.03. The zero-order valence-corrected chi connectivity index (χ0v) is 9.99. The number of aryl methyl sites for hydroxylation is 1. The van der Waals surface area contributed by atoms with Crippen molar-refractivity contribution in [1.29, 1.82) is 0 Å². The SMILES string of the molecule is Cc1cc(F)ccc1CC(N)C1COCCO1. The maximum atomic E-state index is 13.0. The highest BCUT2D eigenvalue weighted by Gasteiger charge is 2.22. The standard InChI is InChI=1S/C13H18FNO2/c1-9-6-11(14)3-2-10(9)7-12(15)13-8-16-4-5-17-13/h2-3,6,12-13H,4-5,7-8,15H2,1H3. The van der Waals surface area contributed by atoms with Crippen molar-refractivity contribution in [2.24, 2.45) is 5.73 Å². The average Bonchev–Trinajstić information content (AvgIpc) is 2.34. The fraction of sp³-hybridized carbons (Fsp3) is 0.538. The van der Waals surface area contributed by atoms with Gasteiger partial charge >= 0.3 is 0 Å². The lowest BCUT2D eigenvalue weighted by Crippen LogP contribution is -2.44. The van der Waals surface area contributed by atoms with E-state index >= 15 is 0 Å². The minimum absolute atomic E-state index is 0.0618. The molecule has 0 aliphatic carbocycles. The molecule has 0 bridgehead atoms. The van der Waals surface area contributed by atoms with Gasteiger partial charge in [-0.3, -0.25) is 0 Å². The second kappa shape index (κ2) is 5.58. The van der Waals surface area contributed by atoms with E-state index in [1.165, 1.54) is 12.1 Å². The molecule has 1 fully saturated rings. The molecule has 17 heavy (non-hydrogen) atoms. The molecule has 2 N–H and O–H groups in total. The number of rotatable bonds is 3. The molecule has 1 aliphatic rings. The Balaban J connectivity index is 1.99. The maximum Gasteiger partial charge on any atom is 0.123 e. The number of hydrogen-bond donors (Lipinski definition) is 1. The summed E-state index contributed by atoms with van der Waals surface area (Å²) >= 11 is 0. The third kappa shape index (κ3) is 3.25. The van der Waals surface area contributed by atoms with Gasteiger partial charge in [0, 0.05) is 6.04 Å². The molecular weight excluding hydrogens is 221 g/mol. The van der Waals surface area contributed by atoms with Crippen molar-refractivity contribution in [3.63, 3.8) is 0 Å². The minimum Gasteiger partial charge on any atom is -0.376 e. The predicted molar refractivity (Wildman–Crippen MR) is 63.4 cm³/mol. The lowest BCUT2D eigenvalue weighted by molar-refractivity contribution is -0.0967. The highest BCUT2D eigenvalue weighted by molar-refractivity contribution is 5.27. The van der Waals surface area contributed by atoms with E-state index in [0.717, 1.165) is 11.1 Å². The summed E-state index contributed by atoms with van der Waals surface area (Å²) in [6, 6.07) is 4.67. The monoisotopic (exact) mass is 239 g/mol. The molecule has 0 aromatic heterocycles. The fourth-order valence-electron chi connectivity index (χ4n) is 2.03. The van der Waals surface area contributed by atoms with Gasteiger partial charge in [-0.25, -0.2) is 4.39 Å². The molecule has 2 atom stereocenters. The third-order valence-electron chi connectivity index (χ3n) is 3.08. The Morgan fingerprint density at radius 2 is 2.29 bits per heavy atom. The molecule has 1 saturated heterocycles. The van der Waals surface area contributed by atoms with Gasteiger partial charge in [0.1, 0.15) is 5.82 Å². The Labute approximate surface area is 101 Å². The molecule has 4 heteroatoms. The van der Waals surface area contributed by atoms with Gasteiger partial charge in [-0.1, -0.05) is 6.07 Å². The number of ether oxygens (including phenoxy) is 2. The molecule has 2 rings (SSSR count). The third-order valence-corrected chi connectivity index (χ3v) is 3.08. The smallest absolute Gasteiger partial charge is 0.123 e. The van der Waals surface area contributed by atoms with Crippen molar-refractivity contribution in [1.82, 2.24) is 0 Å². The number of hydrogen-bond acceptors (Lipinski definition) is 3. The lowest BCUT2D eigenvalue weighted by atomic mass is 9.98. The summed E-state index contributed by atoms with van der Waals surface area (Å²) in [5.41, 5.74) is 8.08. The van der Waals surface area contributed by atoms with Crippen molar-refractivity contribution in [3.05, 3.63) is 35.1 Å². The Bertz CT molecular complexity index is 378. The largest absolute Gasteiger partial charge is 0.376 e. The van der Waals surface area contributed by atoms with Crippen molar-refractivity contribution in [3.8, 4) is 0 Å².